The van der Waals surface area contributed by atoms with Gasteiger partial charge in [0, 0.05) is 5.92 Å². The molecule has 0 bridgehead atoms. The SMILES string of the molecule is CCN(CC)Cc1nc(C2CC2)c(C(N)=S)s1. The number of aromatic nitrogens is 1. The van der Waals surface area contributed by atoms with Gasteiger partial charge in [0.2, 0.25) is 0 Å². The lowest BCUT2D eigenvalue weighted by atomic mass is 10.2. The van der Waals surface area contributed by atoms with Crippen LogP contribution in [0.4, 0.5) is 0 Å². The molecule has 5 heteroatoms. The summed E-state index contributed by atoms with van der Waals surface area (Å²) in [7, 11) is 0. The molecule has 2 rings (SSSR count). The first-order chi connectivity index (χ1) is 8.15. The van der Waals surface area contributed by atoms with E-state index < -0.39 is 0 Å². The van der Waals surface area contributed by atoms with Crippen LogP contribution in [0.3, 0.4) is 0 Å². The van der Waals surface area contributed by atoms with E-state index in [9.17, 15) is 0 Å². The van der Waals surface area contributed by atoms with Gasteiger partial charge in [-0.2, -0.15) is 0 Å². The van der Waals surface area contributed by atoms with Crippen molar-refractivity contribution < 1.29 is 0 Å². The maximum atomic E-state index is 5.78. The average Bonchev–Trinajstić information content (AvgIpc) is 3.07. The maximum Gasteiger partial charge on any atom is 0.116 e. The Bertz CT molecular complexity index is 406. The highest BCUT2D eigenvalue weighted by Gasteiger charge is 2.30. The van der Waals surface area contributed by atoms with Gasteiger partial charge in [-0.25, -0.2) is 4.98 Å². The second kappa shape index (κ2) is 5.42. The summed E-state index contributed by atoms with van der Waals surface area (Å²) in [4.78, 5) is 8.65. The molecule has 1 aliphatic rings. The standard InChI is InChI=1S/C12H19N3S2/c1-3-15(4-2)7-9-14-10(8-5-6-8)11(17-9)12(13)16/h8H,3-7H2,1-2H3,(H2,13,16). The van der Waals surface area contributed by atoms with Crippen molar-refractivity contribution in [3.8, 4) is 0 Å². The van der Waals surface area contributed by atoms with Gasteiger partial charge in [0.15, 0.2) is 0 Å². The van der Waals surface area contributed by atoms with E-state index in [0.717, 1.165) is 35.2 Å². The molecule has 0 aliphatic heterocycles. The van der Waals surface area contributed by atoms with Crippen molar-refractivity contribution in [1.29, 1.82) is 0 Å². The van der Waals surface area contributed by atoms with Crippen molar-refractivity contribution in [2.45, 2.75) is 39.2 Å². The summed E-state index contributed by atoms with van der Waals surface area (Å²) < 4.78 is 0. The third kappa shape index (κ3) is 3.03. The minimum absolute atomic E-state index is 0.509. The summed E-state index contributed by atoms with van der Waals surface area (Å²) in [6.07, 6.45) is 2.48. The number of rotatable bonds is 6. The van der Waals surface area contributed by atoms with Crippen LogP contribution in [0.1, 0.15) is 48.2 Å². The molecule has 1 aromatic heterocycles. The zero-order valence-electron chi connectivity index (χ0n) is 10.4. The summed E-state index contributed by atoms with van der Waals surface area (Å²) in [6.45, 7) is 7.37. The second-order valence-corrected chi connectivity index (χ2v) is 5.95. The van der Waals surface area contributed by atoms with E-state index in [0.29, 0.717) is 10.9 Å². The molecule has 1 aromatic rings. The topological polar surface area (TPSA) is 42.2 Å². The summed E-state index contributed by atoms with van der Waals surface area (Å²) in [5.74, 6) is 0.619. The van der Waals surface area contributed by atoms with Crippen LogP contribution >= 0.6 is 23.6 Å². The van der Waals surface area contributed by atoms with Crippen LogP contribution in [0.2, 0.25) is 0 Å². The molecule has 0 spiro atoms. The molecule has 1 fully saturated rings. The second-order valence-electron chi connectivity index (χ2n) is 4.42. The Kier molecular flexibility index (Phi) is 4.12. The largest absolute Gasteiger partial charge is 0.389 e. The molecule has 0 unspecified atom stereocenters. The van der Waals surface area contributed by atoms with Crippen molar-refractivity contribution in [1.82, 2.24) is 9.88 Å². The Hall–Kier alpha value is -0.520. The lowest BCUT2D eigenvalue weighted by Gasteiger charge is -2.15. The number of thiazole rings is 1. The Morgan fingerprint density at radius 3 is 2.59 bits per heavy atom. The number of nitrogens with zero attached hydrogens (tertiary/aromatic N) is 2. The van der Waals surface area contributed by atoms with E-state index in [2.05, 4.69) is 18.7 Å². The van der Waals surface area contributed by atoms with Crippen LogP contribution in [0, 0.1) is 0 Å². The van der Waals surface area contributed by atoms with Crippen LogP contribution < -0.4 is 5.73 Å². The number of nitrogens with two attached hydrogens (primary N) is 1. The van der Waals surface area contributed by atoms with Crippen molar-refractivity contribution in [3.63, 3.8) is 0 Å². The van der Waals surface area contributed by atoms with Gasteiger partial charge in [-0.1, -0.05) is 26.1 Å². The van der Waals surface area contributed by atoms with Crippen LogP contribution in [-0.2, 0) is 6.54 Å². The molecule has 0 atom stereocenters. The fraction of sp³-hybridized carbons (Fsp3) is 0.667. The number of thiocarbonyl (C=S) groups is 1. The van der Waals surface area contributed by atoms with Gasteiger partial charge in [0.05, 0.1) is 17.1 Å². The van der Waals surface area contributed by atoms with Crippen molar-refractivity contribution >= 4 is 28.5 Å². The Morgan fingerprint density at radius 2 is 2.12 bits per heavy atom. The fourth-order valence-electron chi connectivity index (χ4n) is 1.89. The lowest BCUT2D eigenvalue weighted by molar-refractivity contribution is 0.295. The normalized spacial score (nSPS) is 15.5. The van der Waals surface area contributed by atoms with Crippen LogP contribution in [0.5, 0.6) is 0 Å². The van der Waals surface area contributed by atoms with E-state index >= 15 is 0 Å². The molecule has 0 saturated heterocycles. The van der Waals surface area contributed by atoms with Gasteiger partial charge in [-0.3, -0.25) is 4.90 Å². The highest BCUT2D eigenvalue weighted by Crippen LogP contribution is 2.42. The van der Waals surface area contributed by atoms with Crippen LogP contribution in [0.25, 0.3) is 0 Å². The van der Waals surface area contributed by atoms with Gasteiger partial charge < -0.3 is 5.73 Å². The summed E-state index contributed by atoms with van der Waals surface area (Å²) >= 11 is 6.79. The fourth-order valence-corrected chi connectivity index (χ4v) is 3.17. The molecule has 1 saturated carbocycles. The maximum absolute atomic E-state index is 5.78. The molecule has 2 N–H and O–H groups in total. The third-order valence-electron chi connectivity index (χ3n) is 3.14. The highest BCUT2D eigenvalue weighted by atomic mass is 32.1. The highest BCUT2D eigenvalue weighted by molar-refractivity contribution is 7.81. The van der Waals surface area contributed by atoms with Gasteiger partial charge in [0.1, 0.15) is 10.00 Å². The first-order valence-electron chi connectivity index (χ1n) is 6.17. The van der Waals surface area contributed by atoms with E-state index in [1.165, 1.54) is 12.8 Å². The predicted octanol–water partition coefficient (Wildman–Crippen LogP) is 2.50. The smallest absolute Gasteiger partial charge is 0.116 e. The molecule has 17 heavy (non-hydrogen) atoms. The summed E-state index contributed by atoms with van der Waals surface area (Å²) in [6, 6.07) is 0. The van der Waals surface area contributed by atoms with Gasteiger partial charge >= 0.3 is 0 Å². The number of hydrogen-bond acceptors (Lipinski definition) is 4. The van der Waals surface area contributed by atoms with Crippen molar-refractivity contribution in [2.24, 2.45) is 5.73 Å². The molecule has 1 heterocycles. The zero-order chi connectivity index (χ0) is 12.4. The molecular formula is C12H19N3S2. The van der Waals surface area contributed by atoms with Crippen LogP contribution in [-0.4, -0.2) is 28.0 Å². The first kappa shape index (κ1) is 12.9. The van der Waals surface area contributed by atoms with E-state index in [-0.39, 0.29) is 0 Å². The summed E-state index contributed by atoms with van der Waals surface area (Å²) in [5.41, 5.74) is 6.93. The zero-order valence-corrected chi connectivity index (χ0v) is 12.0. The average molecular weight is 269 g/mol. The Labute approximate surface area is 112 Å². The molecule has 0 amide bonds. The lowest BCUT2D eigenvalue weighted by Crippen LogP contribution is -2.21. The van der Waals surface area contributed by atoms with Crippen molar-refractivity contribution in [3.05, 3.63) is 15.6 Å². The molecular weight excluding hydrogens is 250 g/mol. The minimum Gasteiger partial charge on any atom is -0.389 e. The van der Waals surface area contributed by atoms with Gasteiger partial charge in [0.25, 0.3) is 0 Å². The Morgan fingerprint density at radius 1 is 1.47 bits per heavy atom. The molecule has 0 radical (unpaired) electrons. The molecule has 0 aromatic carbocycles. The molecule has 94 valence electrons. The predicted molar refractivity (Wildman–Crippen MR) is 76.6 cm³/mol. The number of hydrogen-bond donors (Lipinski definition) is 1. The summed E-state index contributed by atoms with van der Waals surface area (Å²) in [5, 5.41) is 1.15. The monoisotopic (exact) mass is 269 g/mol. The van der Waals surface area contributed by atoms with E-state index in [1.54, 1.807) is 11.3 Å². The minimum atomic E-state index is 0.509. The Balaban J connectivity index is 2.18. The van der Waals surface area contributed by atoms with E-state index in [1.807, 2.05) is 0 Å². The quantitative estimate of drug-likeness (QED) is 0.806. The molecule has 1 aliphatic carbocycles. The van der Waals surface area contributed by atoms with Crippen molar-refractivity contribution in [2.75, 3.05) is 13.1 Å². The third-order valence-corrected chi connectivity index (χ3v) is 4.56. The van der Waals surface area contributed by atoms with Gasteiger partial charge in [-0.05, 0) is 25.9 Å². The van der Waals surface area contributed by atoms with Crippen LogP contribution in [0.15, 0.2) is 0 Å². The first-order valence-corrected chi connectivity index (χ1v) is 7.39. The van der Waals surface area contributed by atoms with Gasteiger partial charge in [-0.15, -0.1) is 11.3 Å². The molecule has 3 nitrogen and oxygen atoms in total. The van der Waals surface area contributed by atoms with E-state index in [4.69, 9.17) is 22.9 Å².